The summed E-state index contributed by atoms with van der Waals surface area (Å²) in [6.45, 7) is 3.40. The standard InChI is InChI=1S/C17H23N3O5/c1-12(21)19-6-8-20(9-7-19)17(23)11-16(22)18-13-4-5-14(24-2)15(10-13)25-3/h4-5,10H,6-9,11H2,1-3H3,(H,18,22). The van der Waals surface area contributed by atoms with Crippen molar-refractivity contribution in [3.05, 3.63) is 18.2 Å². The lowest BCUT2D eigenvalue weighted by molar-refractivity contribution is -0.140. The van der Waals surface area contributed by atoms with Gasteiger partial charge in [-0.15, -0.1) is 0 Å². The number of hydrogen-bond acceptors (Lipinski definition) is 5. The molecule has 0 bridgehead atoms. The molecule has 0 atom stereocenters. The molecule has 1 aliphatic heterocycles. The molecule has 136 valence electrons. The lowest BCUT2D eigenvalue weighted by Crippen LogP contribution is -2.50. The Balaban J connectivity index is 1.88. The van der Waals surface area contributed by atoms with Gasteiger partial charge < -0.3 is 24.6 Å². The number of rotatable bonds is 5. The van der Waals surface area contributed by atoms with Gasteiger partial charge in [0.15, 0.2) is 11.5 Å². The first-order valence-corrected chi connectivity index (χ1v) is 7.99. The maximum atomic E-state index is 12.2. The van der Waals surface area contributed by atoms with Crippen LogP contribution in [0.4, 0.5) is 5.69 Å². The molecule has 0 unspecified atom stereocenters. The maximum Gasteiger partial charge on any atom is 0.233 e. The monoisotopic (exact) mass is 349 g/mol. The minimum absolute atomic E-state index is 0.00158. The van der Waals surface area contributed by atoms with E-state index in [9.17, 15) is 14.4 Å². The minimum Gasteiger partial charge on any atom is -0.493 e. The average Bonchev–Trinajstić information content (AvgIpc) is 2.61. The third-order valence-electron chi connectivity index (χ3n) is 4.06. The van der Waals surface area contributed by atoms with Crippen molar-refractivity contribution in [2.24, 2.45) is 0 Å². The van der Waals surface area contributed by atoms with E-state index in [2.05, 4.69) is 5.32 Å². The molecular weight excluding hydrogens is 326 g/mol. The summed E-state index contributed by atoms with van der Waals surface area (Å²) >= 11 is 0. The summed E-state index contributed by atoms with van der Waals surface area (Å²) in [6, 6.07) is 4.99. The molecule has 1 heterocycles. The van der Waals surface area contributed by atoms with Crippen LogP contribution in [0.1, 0.15) is 13.3 Å². The van der Waals surface area contributed by atoms with Crippen LogP contribution >= 0.6 is 0 Å². The van der Waals surface area contributed by atoms with Crippen LogP contribution in [-0.4, -0.2) is 67.9 Å². The smallest absolute Gasteiger partial charge is 0.233 e. The van der Waals surface area contributed by atoms with Crippen molar-refractivity contribution >= 4 is 23.4 Å². The molecule has 0 aliphatic carbocycles. The van der Waals surface area contributed by atoms with Gasteiger partial charge >= 0.3 is 0 Å². The van der Waals surface area contributed by atoms with Crippen molar-refractivity contribution in [1.82, 2.24) is 9.80 Å². The van der Waals surface area contributed by atoms with E-state index in [1.165, 1.54) is 21.1 Å². The molecule has 0 radical (unpaired) electrons. The third-order valence-corrected chi connectivity index (χ3v) is 4.06. The van der Waals surface area contributed by atoms with Crippen molar-refractivity contribution in [2.75, 3.05) is 45.7 Å². The molecule has 1 saturated heterocycles. The molecule has 1 aliphatic rings. The van der Waals surface area contributed by atoms with Gasteiger partial charge in [-0.1, -0.05) is 0 Å². The highest BCUT2D eigenvalue weighted by Crippen LogP contribution is 2.29. The second-order valence-electron chi connectivity index (χ2n) is 5.68. The Hall–Kier alpha value is -2.77. The summed E-state index contributed by atoms with van der Waals surface area (Å²) in [4.78, 5) is 38.9. The van der Waals surface area contributed by atoms with Gasteiger partial charge in [-0.2, -0.15) is 0 Å². The van der Waals surface area contributed by atoms with Gasteiger partial charge in [0.2, 0.25) is 17.7 Å². The Morgan fingerprint density at radius 1 is 1.00 bits per heavy atom. The van der Waals surface area contributed by atoms with E-state index in [1.54, 1.807) is 28.0 Å². The molecule has 0 saturated carbocycles. The van der Waals surface area contributed by atoms with Gasteiger partial charge in [0.1, 0.15) is 6.42 Å². The van der Waals surface area contributed by atoms with Crippen molar-refractivity contribution in [1.29, 1.82) is 0 Å². The molecule has 0 aromatic heterocycles. The fourth-order valence-corrected chi connectivity index (χ4v) is 2.64. The molecule has 3 amide bonds. The molecule has 25 heavy (non-hydrogen) atoms. The molecule has 1 fully saturated rings. The van der Waals surface area contributed by atoms with Gasteiger partial charge in [-0.25, -0.2) is 0 Å². The highest BCUT2D eigenvalue weighted by molar-refractivity contribution is 6.03. The number of nitrogens with one attached hydrogen (secondary N) is 1. The summed E-state index contributed by atoms with van der Waals surface area (Å²) in [5.41, 5.74) is 0.525. The summed E-state index contributed by atoms with van der Waals surface area (Å²) < 4.78 is 10.3. The number of carbonyl (C=O) groups excluding carboxylic acids is 3. The average molecular weight is 349 g/mol. The molecule has 8 nitrogen and oxygen atoms in total. The predicted octanol–water partition coefficient (Wildman–Crippen LogP) is 0.723. The van der Waals surface area contributed by atoms with Crippen LogP contribution in [0.5, 0.6) is 11.5 Å². The Bertz CT molecular complexity index is 654. The first-order valence-electron chi connectivity index (χ1n) is 7.99. The van der Waals surface area contributed by atoms with E-state index in [0.717, 1.165) is 0 Å². The summed E-state index contributed by atoms with van der Waals surface area (Å²) in [6.07, 6.45) is -0.242. The van der Waals surface area contributed by atoms with E-state index in [1.807, 2.05) is 0 Å². The summed E-state index contributed by atoms with van der Waals surface area (Å²) in [5, 5.41) is 2.68. The van der Waals surface area contributed by atoms with Crippen LogP contribution in [0.3, 0.4) is 0 Å². The van der Waals surface area contributed by atoms with Crippen LogP contribution < -0.4 is 14.8 Å². The highest BCUT2D eigenvalue weighted by Gasteiger charge is 2.23. The van der Waals surface area contributed by atoms with Crippen LogP contribution in [-0.2, 0) is 14.4 Å². The largest absolute Gasteiger partial charge is 0.493 e. The third kappa shape index (κ3) is 4.85. The fraction of sp³-hybridized carbons (Fsp3) is 0.471. The minimum atomic E-state index is -0.397. The molecule has 0 spiro atoms. The lowest BCUT2D eigenvalue weighted by atomic mass is 10.2. The molecule has 1 N–H and O–H groups in total. The first kappa shape index (κ1) is 18.6. The predicted molar refractivity (Wildman–Crippen MR) is 91.6 cm³/mol. The van der Waals surface area contributed by atoms with Crippen molar-refractivity contribution in [3.8, 4) is 11.5 Å². The Kier molecular flexibility index (Phi) is 6.21. The van der Waals surface area contributed by atoms with E-state index in [-0.39, 0.29) is 18.2 Å². The number of hydrogen-bond donors (Lipinski definition) is 1. The number of ether oxygens (including phenoxy) is 2. The highest BCUT2D eigenvalue weighted by atomic mass is 16.5. The number of benzene rings is 1. The van der Waals surface area contributed by atoms with E-state index in [4.69, 9.17) is 9.47 Å². The number of amides is 3. The van der Waals surface area contributed by atoms with E-state index < -0.39 is 5.91 Å². The SMILES string of the molecule is COc1ccc(NC(=O)CC(=O)N2CCN(C(C)=O)CC2)cc1OC. The molecule has 1 aromatic carbocycles. The van der Waals surface area contributed by atoms with Crippen LogP contribution in [0, 0.1) is 0 Å². The molecule has 2 rings (SSSR count). The molecule has 8 heteroatoms. The quantitative estimate of drug-likeness (QED) is 0.792. The maximum absolute atomic E-state index is 12.2. The van der Waals surface area contributed by atoms with Crippen molar-refractivity contribution in [3.63, 3.8) is 0 Å². The first-order chi connectivity index (χ1) is 11.9. The number of nitrogens with zero attached hydrogens (tertiary/aromatic N) is 2. The number of carbonyl (C=O) groups is 3. The Morgan fingerprint density at radius 3 is 2.16 bits per heavy atom. The zero-order valence-corrected chi connectivity index (χ0v) is 14.7. The summed E-state index contributed by atoms with van der Waals surface area (Å²) in [7, 11) is 3.04. The van der Waals surface area contributed by atoms with Crippen LogP contribution in [0.25, 0.3) is 0 Å². The zero-order valence-electron chi connectivity index (χ0n) is 14.7. The van der Waals surface area contributed by atoms with E-state index in [0.29, 0.717) is 43.4 Å². The van der Waals surface area contributed by atoms with Crippen LogP contribution in [0.2, 0.25) is 0 Å². The van der Waals surface area contributed by atoms with Crippen molar-refractivity contribution in [2.45, 2.75) is 13.3 Å². The topological polar surface area (TPSA) is 88.2 Å². The van der Waals surface area contributed by atoms with Gasteiger partial charge in [-0.3, -0.25) is 14.4 Å². The number of methoxy groups -OCH3 is 2. The second kappa shape index (κ2) is 8.36. The van der Waals surface area contributed by atoms with Gasteiger partial charge in [0, 0.05) is 44.9 Å². The van der Waals surface area contributed by atoms with Gasteiger partial charge in [0.05, 0.1) is 14.2 Å². The van der Waals surface area contributed by atoms with Crippen LogP contribution in [0.15, 0.2) is 18.2 Å². The Labute approximate surface area is 146 Å². The molecule has 1 aromatic rings. The normalized spacial score (nSPS) is 14.0. The number of anilines is 1. The molecular formula is C17H23N3O5. The number of piperazine rings is 1. The van der Waals surface area contributed by atoms with Crippen molar-refractivity contribution < 1.29 is 23.9 Å². The van der Waals surface area contributed by atoms with Gasteiger partial charge in [-0.05, 0) is 12.1 Å². The van der Waals surface area contributed by atoms with E-state index >= 15 is 0 Å². The second-order valence-corrected chi connectivity index (χ2v) is 5.68. The van der Waals surface area contributed by atoms with Gasteiger partial charge in [0.25, 0.3) is 0 Å². The zero-order chi connectivity index (χ0) is 18.4. The fourth-order valence-electron chi connectivity index (χ4n) is 2.64. The lowest BCUT2D eigenvalue weighted by Gasteiger charge is -2.34. The Morgan fingerprint density at radius 2 is 1.60 bits per heavy atom. The summed E-state index contributed by atoms with van der Waals surface area (Å²) in [5.74, 6) is 0.401.